The Morgan fingerprint density at radius 2 is 1.74 bits per heavy atom. The fourth-order valence-electron chi connectivity index (χ4n) is 1.81. The predicted molar refractivity (Wildman–Crippen MR) is 76.5 cm³/mol. The Morgan fingerprint density at radius 3 is 2.16 bits per heavy atom. The summed E-state index contributed by atoms with van der Waals surface area (Å²) in [4.78, 5) is 25.4. The average molecular weight is 328 g/mol. The third kappa shape index (κ3) is 3.80. The molecule has 0 spiro atoms. The standard InChI is InChI=1S/C14H18BrNO3/c1-9(2)13(17)16(3)12(14(18)19-4)10-5-7-11(15)8-6-10/h5-9,12H,1-4H3/t12-/m0/s1. The summed E-state index contributed by atoms with van der Waals surface area (Å²) in [5.74, 6) is -0.718. The summed E-state index contributed by atoms with van der Waals surface area (Å²) < 4.78 is 5.72. The van der Waals surface area contributed by atoms with Crippen molar-refractivity contribution >= 4 is 27.8 Å². The Bertz CT molecular complexity index is 456. The molecule has 1 atom stereocenters. The largest absolute Gasteiger partial charge is 0.467 e. The van der Waals surface area contributed by atoms with E-state index in [0.717, 1.165) is 10.0 Å². The van der Waals surface area contributed by atoms with Gasteiger partial charge >= 0.3 is 5.97 Å². The molecule has 1 aromatic carbocycles. The lowest BCUT2D eigenvalue weighted by Crippen LogP contribution is -2.38. The maximum absolute atomic E-state index is 12.1. The number of rotatable bonds is 4. The Labute approximate surface area is 121 Å². The first-order valence-electron chi connectivity index (χ1n) is 5.98. The molecule has 5 heteroatoms. The molecule has 0 saturated heterocycles. The fraction of sp³-hybridized carbons (Fsp3) is 0.429. The predicted octanol–water partition coefficient (Wildman–Crippen LogP) is 2.78. The van der Waals surface area contributed by atoms with Gasteiger partial charge in [0.05, 0.1) is 7.11 Å². The minimum absolute atomic E-state index is 0.0988. The fourth-order valence-corrected chi connectivity index (χ4v) is 2.07. The van der Waals surface area contributed by atoms with Crippen LogP contribution < -0.4 is 0 Å². The zero-order valence-electron chi connectivity index (χ0n) is 11.5. The molecule has 104 valence electrons. The van der Waals surface area contributed by atoms with Gasteiger partial charge in [-0.2, -0.15) is 0 Å². The van der Waals surface area contributed by atoms with Crippen molar-refractivity contribution in [2.24, 2.45) is 5.92 Å². The maximum atomic E-state index is 12.1. The smallest absolute Gasteiger partial charge is 0.333 e. The van der Waals surface area contributed by atoms with Crippen LogP contribution in [0.4, 0.5) is 0 Å². The summed E-state index contributed by atoms with van der Waals surface area (Å²) >= 11 is 3.34. The molecule has 0 saturated carbocycles. The van der Waals surface area contributed by atoms with Gasteiger partial charge in [-0.15, -0.1) is 0 Å². The Balaban J connectivity index is 3.11. The second-order valence-corrected chi connectivity index (χ2v) is 5.50. The summed E-state index contributed by atoms with van der Waals surface area (Å²) in [7, 11) is 2.94. The molecule has 1 amide bonds. The summed E-state index contributed by atoms with van der Waals surface area (Å²) in [5.41, 5.74) is 0.728. The van der Waals surface area contributed by atoms with Crippen molar-refractivity contribution in [1.82, 2.24) is 4.90 Å². The zero-order valence-corrected chi connectivity index (χ0v) is 13.1. The van der Waals surface area contributed by atoms with E-state index in [-0.39, 0.29) is 11.8 Å². The van der Waals surface area contributed by atoms with Crippen LogP contribution in [-0.2, 0) is 14.3 Å². The van der Waals surface area contributed by atoms with Crippen molar-refractivity contribution in [3.8, 4) is 0 Å². The van der Waals surface area contributed by atoms with Gasteiger partial charge in [-0.25, -0.2) is 4.79 Å². The van der Waals surface area contributed by atoms with Crippen LogP contribution >= 0.6 is 15.9 Å². The van der Waals surface area contributed by atoms with Gasteiger partial charge in [0.2, 0.25) is 5.91 Å². The van der Waals surface area contributed by atoms with Gasteiger partial charge in [-0.1, -0.05) is 41.9 Å². The molecule has 0 aliphatic rings. The van der Waals surface area contributed by atoms with Gasteiger partial charge < -0.3 is 9.64 Å². The highest BCUT2D eigenvalue weighted by molar-refractivity contribution is 9.10. The molecular weight excluding hydrogens is 310 g/mol. The van der Waals surface area contributed by atoms with Crippen LogP contribution in [0.3, 0.4) is 0 Å². The summed E-state index contributed by atoms with van der Waals surface area (Å²) in [6.07, 6.45) is 0. The highest BCUT2D eigenvalue weighted by Crippen LogP contribution is 2.24. The Hall–Kier alpha value is -1.36. The van der Waals surface area contributed by atoms with Crippen molar-refractivity contribution in [3.05, 3.63) is 34.3 Å². The first-order valence-corrected chi connectivity index (χ1v) is 6.77. The van der Waals surface area contributed by atoms with Crippen LogP contribution in [0.5, 0.6) is 0 Å². The molecule has 4 nitrogen and oxygen atoms in total. The lowest BCUT2D eigenvalue weighted by molar-refractivity contribution is -0.153. The van der Waals surface area contributed by atoms with Crippen LogP contribution in [0.2, 0.25) is 0 Å². The second-order valence-electron chi connectivity index (χ2n) is 4.58. The van der Waals surface area contributed by atoms with Crippen molar-refractivity contribution in [3.63, 3.8) is 0 Å². The number of nitrogens with zero attached hydrogens (tertiary/aromatic N) is 1. The van der Waals surface area contributed by atoms with Gasteiger partial charge in [-0.05, 0) is 17.7 Å². The molecule has 0 bridgehead atoms. The van der Waals surface area contributed by atoms with Crippen molar-refractivity contribution < 1.29 is 14.3 Å². The molecule has 1 rings (SSSR count). The van der Waals surface area contributed by atoms with Gasteiger partial charge in [0.1, 0.15) is 0 Å². The van der Waals surface area contributed by atoms with Gasteiger partial charge in [0.15, 0.2) is 6.04 Å². The molecular formula is C14H18BrNO3. The molecule has 0 N–H and O–H groups in total. The number of esters is 1. The third-order valence-electron chi connectivity index (χ3n) is 2.84. The summed E-state index contributed by atoms with van der Waals surface area (Å²) in [6.45, 7) is 3.60. The number of carbonyl (C=O) groups excluding carboxylic acids is 2. The molecule has 1 aromatic rings. The van der Waals surface area contributed by atoms with E-state index in [0.29, 0.717) is 0 Å². The Morgan fingerprint density at radius 1 is 1.21 bits per heavy atom. The zero-order chi connectivity index (χ0) is 14.6. The molecule has 0 heterocycles. The number of ether oxygens (including phenoxy) is 1. The number of likely N-dealkylation sites (N-methyl/N-ethyl adjacent to an activating group) is 1. The number of hydrogen-bond donors (Lipinski definition) is 0. The van der Waals surface area contributed by atoms with Crippen molar-refractivity contribution in [2.45, 2.75) is 19.9 Å². The van der Waals surface area contributed by atoms with Crippen molar-refractivity contribution in [1.29, 1.82) is 0 Å². The van der Waals surface area contributed by atoms with Crippen LogP contribution in [-0.4, -0.2) is 30.9 Å². The molecule has 0 fully saturated rings. The highest BCUT2D eigenvalue weighted by Gasteiger charge is 2.30. The molecule has 19 heavy (non-hydrogen) atoms. The number of hydrogen-bond acceptors (Lipinski definition) is 3. The van der Waals surface area contributed by atoms with E-state index in [2.05, 4.69) is 15.9 Å². The van der Waals surface area contributed by atoms with Crippen LogP contribution in [0.25, 0.3) is 0 Å². The monoisotopic (exact) mass is 327 g/mol. The first-order chi connectivity index (χ1) is 8.88. The van der Waals surface area contributed by atoms with Gasteiger partial charge in [0, 0.05) is 17.4 Å². The quantitative estimate of drug-likeness (QED) is 0.799. The maximum Gasteiger partial charge on any atom is 0.333 e. The SMILES string of the molecule is COC(=O)[C@H](c1ccc(Br)cc1)N(C)C(=O)C(C)C. The average Bonchev–Trinajstić information content (AvgIpc) is 2.39. The first kappa shape index (κ1) is 15.7. The lowest BCUT2D eigenvalue weighted by Gasteiger charge is -2.27. The topological polar surface area (TPSA) is 46.6 Å². The number of benzene rings is 1. The van der Waals surface area contributed by atoms with Crippen LogP contribution in [0.15, 0.2) is 28.7 Å². The van der Waals surface area contributed by atoms with Crippen LogP contribution in [0.1, 0.15) is 25.5 Å². The van der Waals surface area contributed by atoms with Crippen molar-refractivity contribution in [2.75, 3.05) is 14.2 Å². The van der Waals surface area contributed by atoms with E-state index in [9.17, 15) is 9.59 Å². The summed E-state index contributed by atoms with van der Waals surface area (Å²) in [5, 5.41) is 0. The normalized spacial score (nSPS) is 12.1. The molecule has 0 unspecified atom stereocenters. The van der Waals surface area contributed by atoms with E-state index < -0.39 is 12.0 Å². The van der Waals surface area contributed by atoms with Crippen LogP contribution in [0, 0.1) is 5.92 Å². The molecule has 0 aliphatic heterocycles. The Kier molecular flexibility index (Phi) is 5.54. The van der Waals surface area contributed by atoms with E-state index in [4.69, 9.17) is 4.74 Å². The molecule has 0 radical (unpaired) electrons. The molecule has 0 aliphatic carbocycles. The number of methoxy groups -OCH3 is 1. The van der Waals surface area contributed by atoms with E-state index in [1.54, 1.807) is 33.0 Å². The minimum Gasteiger partial charge on any atom is -0.467 e. The second kappa shape index (κ2) is 6.70. The van der Waals surface area contributed by atoms with E-state index >= 15 is 0 Å². The van der Waals surface area contributed by atoms with Gasteiger partial charge in [0.25, 0.3) is 0 Å². The highest BCUT2D eigenvalue weighted by atomic mass is 79.9. The number of amides is 1. The lowest BCUT2D eigenvalue weighted by atomic mass is 10.0. The summed E-state index contributed by atoms with van der Waals surface area (Å²) in [6, 6.07) is 6.55. The number of halogens is 1. The minimum atomic E-state index is -0.715. The van der Waals surface area contributed by atoms with Gasteiger partial charge in [-0.3, -0.25) is 4.79 Å². The third-order valence-corrected chi connectivity index (χ3v) is 3.37. The number of carbonyl (C=O) groups is 2. The van der Waals surface area contributed by atoms with E-state index in [1.807, 2.05) is 12.1 Å². The van der Waals surface area contributed by atoms with E-state index in [1.165, 1.54) is 12.0 Å². The molecule has 0 aromatic heterocycles.